The lowest BCUT2D eigenvalue weighted by Gasteiger charge is -2.34. The zero-order valence-electron chi connectivity index (χ0n) is 12.9. The van der Waals surface area contributed by atoms with E-state index in [0.29, 0.717) is 13.0 Å². The number of likely N-dealkylation sites (tertiary alicyclic amines) is 1. The van der Waals surface area contributed by atoms with Crippen molar-refractivity contribution in [1.29, 1.82) is 0 Å². The Kier molecular flexibility index (Phi) is 6.14. The Morgan fingerprint density at radius 1 is 1.48 bits per heavy atom. The van der Waals surface area contributed by atoms with Gasteiger partial charge in [-0.05, 0) is 33.2 Å². The quantitative estimate of drug-likeness (QED) is 0.830. The maximum Gasteiger partial charge on any atom is 0.225 e. The Labute approximate surface area is 130 Å². The fourth-order valence-corrected chi connectivity index (χ4v) is 3.78. The van der Waals surface area contributed by atoms with Gasteiger partial charge in [0.15, 0.2) is 0 Å². The van der Waals surface area contributed by atoms with Crippen LogP contribution in [0.5, 0.6) is 0 Å². The van der Waals surface area contributed by atoms with Crippen LogP contribution in [0.4, 0.5) is 0 Å². The number of aryl methyl sites for hydroxylation is 2. The smallest absolute Gasteiger partial charge is 0.225 e. The summed E-state index contributed by atoms with van der Waals surface area (Å²) >= 11 is 1.59. The maximum atomic E-state index is 12.0. The van der Waals surface area contributed by atoms with Crippen LogP contribution in [0.1, 0.15) is 34.8 Å². The topological polar surface area (TPSA) is 65.5 Å². The van der Waals surface area contributed by atoms with Gasteiger partial charge in [-0.1, -0.05) is 6.42 Å². The fourth-order valence-electron chi connectivity index (χ4n) is 2.85. The van der Waals surface area contributed by atoms with Crippen molar-refractivity contribution >= 4 is 17.2 Å². The Hall–Kier alpha value is -0.980. The number of hydrogen-bond acceptors (Lipinski definition) is 5. The summed E-state index contributed by atoms with van der Waals surface area (Å²) in [5, 5.41) is 13.3. The highest BCUT2D eigenvalue weighted by Gasteiger charge is 2.21. The molecular formula is C15H25N3O2S. The summed E-state index contributed by atoms with van der Waals surface area (Å²) in [6.45, 7) is 6.61. The van der Waals surface area contributed by atoms with Crippen LogP contribution < -0.4 is 5.32 Å². The Morgan fingerprint density at radius 3 is 2.95 bits per heavy atom. The summed E-state index contributed by atoms with van der Waals surface area (Å²) in [4.78, 5) is 19.6. The van der Waals surface area contributed by atoms with Crippen molar-refractivity contribution in [2.24, 2.45) is 0 Å². The van der Waals surface area contributed by atoms with E-state index < -0.39 is 0 Å². The molecule has 1 saturated heterocycles. The van der Waals surface area contributed by atoms with E-state index in [1.54, 1.807) is 11.3 Å². The van der Waals surface area contributed by atoms with Crippen molar-refractivity contribution in [3.8, 4) is 0 Å². The number of carbonyl (C=O) groups excluding carboxylic acids is 1. The molecule has 1 aromatic heterocycles. The van der Waals surface area contributed by atoms with Gasteiger partial charge in [0.05, 0.1) is 23.7 Å². The predicted molar refractivity (Wildman–Crippen MR) is 84.6 cm³/mol. The molecule has 21 heavy (non-hydrogen) atoms. The van der Waals surface area contributed by atoms with Gasteiger partial charge >= 0.3 is 0 Å². The van der Waals surface area contributed by atoms with Crippen molar-refractivity contribution in [2.45, 2.75) is 45.6 Å². The highest BCUT2D eigenvalue weighted by molar-refractivity contribution is 7.11. The van der Waals surface area contributed by atoms with Crippen molar-refractivity contribution < 1.29 is 9.90 Å². The molecule has 5 nitrogen and oxygen atoms in total. The normalized spacial score (nSPS) is 19.7. The molecule has 0 aliphatic carbocycles. The largest absolute Gasteiger partial charge is 0.395 e. The van der Waals surface area contributed by atoms with E-state index in [4.69, 9.17) is 0 Å². The first-order valence-electron chi connectivity index (χ1n) is 7.64. The molecule has 0 aromatic carbocycles. The van der Waals surface area contributed by atoms with Crippen LogP contribution in [-0.4, -0.2) is 53.2 Å². The number of carbonyl (C=O) groups is 1. The van der Waals surface area contributed by atoms with Crippen LogP contribution in [0, 0.1) is 13.8 Å². The lowest BCUT2D eigenvalue weighted by Crippen LogP contribution is -2.45. The molecule has 2 N–H and O–H groups in total. The van der Waals surface area contributed by atoms with Crippen molar-refractivity contribution in [2.75, 3.05) is 26.2 Å². The van der Waals surface area contributed by atoms with Gasteiger partial charge in [0.1, 0.15) is 0 Å². The summed E-state index contributed by atoms with van der Waals surface area (Å²) < 4.78 is 0. The molecule has 1 aliphatic rings. The first-order valence-corrected chi connectivity index (χ1v) is 8.46. The van der Waals surface area contributed by atoms with Gasteiger partial charge in [0.25, 0.3) is 0 Å². The lowest BCUT2D eigenvalue weighted by molar-refractivity contribution is -0.120. The molecule has 0 radical (unpaired) electrons. The number of aromatic nitrogens is 1. The van der Waals surface area contributed by atoms with Crippen molar-refractivity contribution in [3.63, 3.8) is 0 Å². The number of nitrogens with zero attached hydrogens (tertiary/aromatic N) is 2. The summed E-state index contributed by atoms with van der Waals surface area (Å²) in [6, 6.07) is 0.266. The first-order chi connectivity index (χ1) is 10.1. The Balaban J connectivity index is 1.72. The molecule has 6 heteroatoms. The van der Waals surface area contributed by atoms with Gasteiger partial charge < -0.3 is 10.4 Å². The van der Waals surface area contributed by atoms with E-state index >= 15 is 0 Å². The van der Waals surface area contributed by atoms with Crippen LogP contribution in [0.25, 0.3) is 0 Å². The second-order valence-electron chi connectivity index (χ2n) is 5.64. The Morgan fingerprint density at radius 2 is 2.29 bits per heavy atom. The molecular weight excluding hydrogens is 286 g/mol. The third kappa shape index (κ3) is 4.76. The van der Waals surface area contributed by atoms with E-state index in [1.165, 1.54) is 12.8 Å². The third-order valence-corrected chi connectivity index (χ3v) is 5.07. The van der Waals surface area contributed by atoms with Crippen molar-refractivity contribution in [3.05, 3.63) is 15.6 Å². The van der Waals surface area contributed by atoms with Crippen LogP contribution in [0.2, 0.25) is 0 Å². The molecule has 0 spiro atoms. The van der Waals surface area contributed by atoms with E-state index in [1.807, 2.05) is 13.8 Å². The highest BCUT2D eigenvalue weighted by atomic mass is 32.1. The number of piperidine rings is 1. The molecule has 1 atom stereocenters. The standard InChI is InChI=1S/C15H25N3O2S/c1-11-14(21-12(2)17-11)9-15(20)16-6-8-18-7-4-3-5-13(18)10-19/h13,19H,3-10H2,1-2H3,(H,16,20)/t13-/m0/s1. The number of aliphatic hydroxyl groups is 1. The number of aliphatic hydroxyl groups excluding tert-OH is 1. The minimum absolute atomic E-state index is 0.0549. The minimum atomic E-state index is 0.0549. The van der Waals surface area contributed by atoms with Gasteiger partial charge in [-0.2, -0.15) is 0 Å². The first kappa shape index (κ1) is 16.4. The highest BCUT2D eigenvalue weighted by Crippen LogP contribution is 2.18. The molecule has 0 bridgehead atoms. The maximum absolute atomic E-state index is 12.0. The zero-order valence-corrected chi connectivity index (χ0v) is 13.7. The van der Waals surface area contributed by atoms with E-state index in [2.05, 4.69) is 15.2 Å². The number of rotatable bonds is 6. The van der Waals surface area contributed by atoms with Crippen LogP contribution in [-0.2, 0) is 11.2 Å². The monoisotopic (exact) mass is 311 g/mol. The average Bonchev–Trinajstić information content (AvgIpc) is 2.77. The molecule has 1 aliphatic heterocycles. The summed E-state index contributed by atoms with van der Waals surface area (Å²) in [5.41, 5.74) is 0.962. The molecule has 1 amide bonds. The van der Waals surface area contributed by atoms with Gasteiger partial charge in [-0.15, -0.1) is 11.3 Å². The zero-order chi connectivity index (χ0) is 15.2. The van der Waals surface area contributed by atoms with Crippen LogP contribution in [0.15, 0.2) is 0 Å². The van der Waals surface area contributed by atoms with Gasteiger partial charge in [0.2, 0.25) is 5.91 Å². The lowest BCUT2D eigenvalue weighted by atomic mass is 10.0. The molecule has 1 aromatic rings. The molecule has 0 unspecified atom stereocenters. The molecule has 2 heterocycles. The molecule has 2 rings (SSSR count). The third-order valence-electron chi connectivity index (χ3n) is 4.00. The summed E-state index contributed by atoms with van der Waals surface area (Å²) in [6.07, 6.45) is 3.85. The number of nitrogens with one attached hydrogen (secondary N) is 1. The summed E-state index contributed by atoms with van der Waals surface area (Å²) in [5.74, 6) is 0.0549. The second-order valence-corrected chi connectivity index (χ2v) is 6.92. The van der Waals surface area contributed by atoms with E-state index in [9.17, 15) is 9.90 Å². The fraction of sp³-hybridized carbons (Fsp3) is 0.733. The van der Waals surface area contributed by atoms with E-state index in [-0.39, 0.29) is 18.6 Å². The van der Waals surface area contributed by atoms with Gasteiger partial charge in [0, 0.05) is 24.0 Å². The SMILES string of the molecule is Cc1nc(C)c(CC(=O)NCCN2CCCC[C@H]2CO)s1. The minimum Gasteiger partial charge on any atom is -0.395 e. The van der Waals surface area contributed by atoms with Gasteiger partial charge in [-0.3, -0.25) is 9.69 Å². The van der Waals surface area contributed by atoms with E-state index in [0.717, 1.165) is 35.1 Å². The number of hydrogen-bond donors (Lipinski definition) is 2. The molecule has 1 fully saturated rings. The summed E-state index contributed by atoms with van der Waals surface area (Å²) in [7, 11) is 0. The number of amides is 1. The Bertz CT molecular complexity index is 475. The molecule has 0 saturated carbocycles. The van der Waals surface area contributed by atoms with Gasteiger partial charge in [-0.25, -0.2) is 4.98 Å². The average molecular weight is 311 g/mol. The van der Waals surface area contributed by atoms with Crippen LogP contribution in [0.3, 0.4) is 0 Å². The van der Waals surface area contributed by atoms with Crippen LogP contribution >= 0.6 is 11.3 Å². The van der Waals surface area contributed by atoms with Crippen molar-refractivity contribution in [1.82, 2.24) is 15.2 Å². The number of thiazole rings is 1. The molecule has 118 valence electrons. The second kappa shape index (κ2) is 7.87. The predicted octanol–water partition coefficient (Wildman–Crippen LogP) is 1.27.